The second-order valence-corrected chi connectivity index (χ2v) is 8.50. The van der Waals surface area contributed by atoms with Gasteiger partial charge in [0.05, 0.1) is 0 Å². The third-order valence-corrected chi connectivity index (χ3v) is 6.38. The molecule has 0 bridgehead atoms. The molecule has 30 heavy (non-hydrogen) atoms. The summed E-state index contributed by atoms with van der Waals surface area (Å²) >= 11 is 0. The maximum Gasteiger partial charge on any atom is 0.123 e. The highest BCUT2D eigenvalue weighted by Crippen LogP contribution is 2.30. The van der Waals surface area contributed by atoms with Crippen molar-refractivity contribution in [3.63, 3.8) is 0 Å². The van der Waals surface area contributed by atoms with Gasteiger partial charge in [-0.05, 0) is 54.5 Å². The van der Waals surface area contributed by atoms with Crippen LogP contribution in [0.15, 0.2) is 84.9 Å². The Morgan fingerprint density at radius 1 is 0.767 bits per heavy atom. The highest BCUT2D eigenvalue weighted by atomic mass is 19.1. The molecular weight excluding hydrogens is 371 g/mol. The monoisotopic (exact) mass is 402 g/mol. The van der Waals surface area contributed by atoms with Crippen molar-refractivity contribution in [1.82, 2.24) is 4.90 Å². The van der Waals surface area contributed by atoms with E-state index in [0.29, 0.717) is 18.0 Å². The first kappa shape index (κ1) is 20.8. The van der Waals surface area contributed by atoms with E-state index in [4.69, 9.17) is 5.73 Å². The Morgan fingerprint density at radius 3 is 1.83 bits per heavy atom. The molecular formula is C27H31FN2. The van der Waals surface area contributed by atoms with Gasteiger partial charge >= 0.3 is 0 Å². The average Bonchev–Trinajstić information content (AvgIpc) is 2.80. The first-order valence-corrected chi connectivity index (χ1v) is 11.0. The van der Waals surface area contributed by atoms with Crippen LogP contribution < -0.4 is 5.73 Å². The van der Waals surface area contributed by atoms with E-state index in [1.807, 2.05) is 12.1 Å². The largest absolute Gasteiger partial charge is 0.328 e. The third kappa shape index (κ3) is 5.35. The molecule has 1 fully saturated rings. The summed E-state index contributed by atoms with van der Waals surface area (Å²) in [5.41, 5.74) is 10.0. The zero-order chi connectivity index (χ0) is 20.8. The van der Waals surface area contributed by atoms with Crippen molar-refractivity contribution >= 4 is 0 Å². The first-order valence-electron chi connectivity index (χ1n) is 11.0. The van der Waals surface area contributed by atoms with E-state index in [1.54, 1.807) is 12.1 Å². The fourth-order valence-corrected chi connectivity index (χ4v) is 4.64. The molecule has 4 rings (SSSR count). The molecule has 3 heteroatoms. The molecule has 0 spiro atoms. The van der Waals surface area contributed by atoms with Gasteiger partial charge in [-0.15, -0.1) is 0 Å². The lowest BCUT2D eigenvalue weighted by molar-refractivity contribution is 0.137. The van der Waals surface area contributed by atoms with Crippen molar-refractivity contribution in [2.24, 2.45) is 5.73 Å². The fourth-order valence-electron chi connectivity index (χ4n) is 4.64. The number of nitrogens with zero attached hydrogens (tertiary/aromatic N) is 1. The molecule has 0 aliphatic heterocycles. The van der Waals surface area contributed by atoms with Gasteiger partial charge in [0, 0.05) is 31.1 Å². The summed E-state index contributed by atoms with van der Waals surface area (Å²) in [6, 6.07) is 29.3. The van der Waals surface area contributed by atoms with Crippen LogP contribution in [0.3, 0.4) is 0 Å². The predicted octanol–water partition coefficient (Wildman–Crippen LogP) is 5.73. The normalized spacial score (nSPS) is 19.3. The molecule has 1 aliphatic carbocycles. The third-order valence-electron chi connectivity index (χ3n) is 6.38. The van der Waals surface area contributed by atoms with Gasteiger partial charge in [-0.3, -0.25) is 4.90 Å². The lowest BCUT2D eigenvalue weighted by atomic mass is 9.87. The molecule has 0 heterocycles. The Bertz CT molecular complexity index is 848. The number of halogens is 1. The van der Waals surface area contributed by atoms with Crippen LogP contribution in [0.4, 0.5) is 4.39 Å². The second kappa shape index (κ2) is 10.0. The van der Waals surface area contributed by atoms with Gasteiger partial charge in [0.2, 0.25) is 0 Å². The van der Waals surface area contributed by atoms with Crippen LogP contribution in [0.5, 0.6) is 0 Å². The summed E-state index contributed by atoms with van der Waals surface area (Å²) in [7, 11) is 0. The maximum absolute atomic E-state index is 13.4. The van der Waals surface area contributed by atoms with Gasteiger partial charge < -0.3 is 5.73 Å². The van der Waals surface area contributed by atoms with Crippen LogP contribution in [0, 0.1) is 5.82 Å². The van der Waals surface area contributed by atoms with Crippen LogP contribution in [0.25, 0.3) is 0 Å². The Kier molecular flexibility index (Phi) is 6.93. The SMILES string of the molecule is NC1CCC(N(Cc2ccc(F)cc2)CC(c2ccccc2)c2ccccc2)CC1. The minimum Gasteiger partial charge on any atom is -0.328 e. The van der Waals surface area contributed by atoms with Gasteiger partial charge in [0.25, 0.3) is 0 Å². The number of nitrogens with two attached hydrogens (primary N) is 1. The van der Waals surface area contributed by atoms with E-state index < -0.39 is 0 Å². The Hall–Kier alpha value is -2.49. The second-order valence-electron chi connectivity index (χ2n) is 8.50. The molecule has 0 radical (unpaired) electrons. The van der Waals surface area contributed by atoms with E-state index in [1.165, 1.54) is 11.1 Å². The first-order chi connectivity index (χ1) is 14.7. The van der Waals surface area contributed by atoms with Gasteiger partial charge in [-0.2, -0.15) is 0 Å². The van der Waals surface area contributed by atoms with Gasteiger partial charge in [0.1, 0.15) is 5.82 Å². The molecule has 2 N–H and O–H groups in total. The summed E-state index contributed by atoms with van der Waals surface area (Å²) in [5.74, 6) is 0.115. The lowest BCUT2D eigenvalue weighted by Gasteiger charge is -2.38. The predicted molar refractivity (Wildman–Crippen MR) is 122 cm³/mol. The minimum absolute atomic E-state index is 0.180. The Morgan fingerprint density at radius 2 is 1.30 bits per heavy atom. The van der Waals surface area contributed by atoms with Crippen molar-refractivity contribution < 1.29 is 4.39 Å². The Labute approximate surface area is 179 Å². The van der Waals surface area contributed by atoms with E-state index >= 15 is 0 Å². The summed E-state index contributed by atoms with van der Waals surface area (Å²) in [4.78, 5) is 2.60. The van der Waals surface area contributed by atoms with E-state index in [9.17, 15) is 4.39 Å². The molecule has 1 aliphatic rings. The molecule has 156 valence electrons. The van der Waals surface area contributed by atoms with Crippen LogP contribution >= 0.6 is 0 Å². The van der Waals surface area contributed by atoms with Crippen molar-refractivity contribution in [2.75, 3.05) is 6.54 Å². The lowest BCUT2D eigenvalue weighted by Crippen LogP contribution is -2.42. The average molecular weight is 403 g/mol. The van der Waals surface area contributed by atoms with Crippen LogP contribution in [-0.2, 0) is 6.54 Å². The number of hydrogen-bond donors (Lipinski definition) is 1. The van der Waals surface area contributed by atoms with E-state index in [2.05, 4.69) is 65.6 Å². The zero-order valence-electron chi connectivity index (χ0n) is 17.5. The van der Waals surface area contributed by atoms with Crippen molar-refractivity contribution in [1.29, 1.82) is 0 Å². The highest BCUT2D eigenvalue weighted by Gasteiger charge is 2.27. The van der Waals surface area contributed by atoms with Crippen molar-refractivity contribution in [2.45, 2.75) is 50.2 Å². The van der Waals surface area contributed by atoms with Gasteiger partial charge in [-0.1, -0.05) is 72.8 Å². The quantitative estimate of drug-likeness (QED) is 0.547. The highest BCUT2D eigenvalue weighted by molar-refractivity contribution is 5.33. The van der Waals surface area contributed by atoms with Crippen molar-refractivity contribution in [3.05, 3.63) is 107 Å². The Balaban J connectivity index is 1.62. The summed E-state index contributed by atoms with van der Waals surface area (Å²) in [6.07, 6.45) is 4.40. The maximum atomic E-state index is 13.4. The van der Waals surface area contributed by atoms with Gasteiger partial charge in [0.15, 0.2) is 0 Å². The molecule has 0 atom stereocenters. The molecule has 0 amide bonds. The molecule has 3 aromatic rings. The molecule has 1 saturated carbocycles. The zero-order valence-corrected chi connectivity index (χ0v) is 17.5. The standard InChI is InChI=1S/C27H31FN2/c28-24-13-11-21(12-14-24)19-30(26-17-15-25(29)16-18-26)20-27(22-7-3-1-4-8-22)23-9-5-2-6-10-23/h1-14,25-27H,15-20,29H2. The summed E-state index contributed by atoms with van der Waals surface area (Å²) in [5, 5.41) is 0. The number of hydrogen-bond acceptors (Lipinski definition) is 2. The molecule has 0 saturated heterocycles. The molecule has 2 nitrogen and oxygen atoms in total. The topological polar surface area (TPSA) is 29.3 Å². The molecule has 0 unspecified atom stereocenters. The van der Waals surface area contributed by atoms with Crippen molar-refractivity contribution in [3.8, 4) is 0 Å². The summed E-state index contributed by atoms with van der Waals surface area (Å²) < 4.78 is 13.4. The van der Waals surface area contributed by atoms with E-state index in [0.717, 1.165) is 44.3 Å². The van der Waals surface area contributed by atoms with E-state index in [-0.39, 0.29) is 5.82 Å². The van der Waals surface area contributed by atoms with Crippen LogP contribution in [-0.4, -0.2) is 23.5 Å². The number of rotatable bonds is 7. The van der Waals surface area contributed by atoms with Crippen LogP contribution in [0.1, 0.15) is 48.3 Å². The molecule has 0 aromatic heterocycles. The fraction of sp³-hybridized carbons (Fsp3) is 0.333. The number of benzene rings is 3. The van der Waals surface area contributed by atoms with Crippen LogP contribution in [0.2, 0.25) is 0 Å². The summed E-state index contributed by atoms with van der Waals surface area (Å²) in [6.45, 7) is 1.77. The smallest absolute Gasteiger partial charge is 0.123 e. The molecule has 3 aromatic carbocycles. The van der Waals surface area contributed by atoms with Gasteiger partial charge in [-0.25, -0.2) is 4.39 Å². The minimum atomic E-state index is -0.180.